The highest BCUT2D eigenvalue weighted by molar-refractivity contribution is 6.20. The van der Waals surface area contributed by atoms with E-state index in [1.54, 1.807) is 0 Å². The minimum absolute atomic E-state index is 0.854. The van der Waals surface area contributed by atoms with Gasteiger partial charge in [0.15, 0.2) is 0 Å². The van der Waals surface area contributed by atoms with Gasteiger partial charge in [-0.2, -0.15) is 0 Å². The van der Waals surface area contributed by atoms with E-state index in [9.17, 15) is 0 Å². The predicted molar refractivity (Wildman–Crippen MR) is 285 cm³/mol. The van der Waals surface area contributed by atoms with Crippen molar-refractivity contribution in [3.8, 4) is 33.6 Å². The van der Waals surface area contributed by atoms with Crippen molar-refractivity contribution in [2.75, 3.05) is 4.90 Å². The second-order valence-corrected chi connectivity index (χ2v) is 17.7. The van der Waals surface area contributed by atoms with Crippen molar-refractivity contribution >= 4 is 93.4 Å². The van der Waals surface area contributed by atoms with E-state index < -0.39 is 0 Å². The number of anilines is 3. The highest BCUT2D eigenvalue weighted by Crippen LogP contribution is 2.46. The van der Waals surface area contributed by atoms with E-state index in [1.165, 1.54) is 49.2 Å². The number of aromatic nitrogens is 2. The molecule has 0 bridgehead atoms. The van der Waals surface area contributed by atoms with Crippen LogP contribution in [0.2, 0.25) is 0 Å². The first-order valence-electron chi connectivity index (χ1n) is 23.3. The third kappa shape index (κ3) is 5.87. The van der Waals surface area contributed by atoms with Crippen LogP contribution in [0.3, 0.4) is 0 Å². The summed E-state index contributed by atoms with van der Waals surface area (Å²) in [5.41, 5.74) is 16.6. The van der Waals surface area contributed by atoms with E-state index in [1.807, 2.05) is 0 Å². The Hall–Kier alpha value is -9.12. The second-order valence-electron chi connectivity index (χ2n) is 17.7. The molecule has 318 valence electrons. The fourth-order valence-corrected chi connectivity index (χ4v) is 10.9. The average Bonchev–Trinajstić information content (AvgIpc) is 4.08. The predicted octanol–water partition coefficient (Wildman–Crippen LogP) is 17.7. The summed E-state index contributed by atoms with van der Waals surface area (Å²) in [6.45, 7) is 0. The smallest absolute Gasteiger partial charge is 0.143 e. The van der Waals surface area contributed by atoms with Gasteiger partial charge in [-0.05, 0) is 119 Å². The topological polar surface area (TPSA) is 26.2 Å². The van der Waals surface area contributed by atoms with Crippen molar-refractivity contribution in [2.45, 2.75) is 0 Å². The number of benzene rings is 11. The first kappa shape index (κ1) is 38.2. The van der Waals surface area contributed by atoms with Crippen molar-refractivity contribution in [1.82, 2.24) is 9.13 Å². The monoisotopic (exact) mass is 867 g/mol. The van der Waals surface area contributed by atoms with Gasteiger partial charge < -0.3 is 18.5 Å². The number of rotatable bonds is 7. The van der Waals surface area contributed by atoms with Crippen LogP contribution in [0.5, 0.6) is 0 Å². The van der Waals surface area contributed by atoms with E-state index in [-0.39, 0.29) is 0 Å². The molecular formula is C64H41N3O. The molecule has 14 aromatic rings. The lowest BCUT2D eigenvalue weighted by molar-refractivity contribution is 0.672. The van der Waals surface area contributed by atoms with Gasteiger partial charge in [-0.1, -0.05) is 158 Å². The standard InChI is InChI=1S/C64H41N3O/c1-2-19-46(20-3-1)66-58-30-11-8-26-54(58)62-50(27-14-31-59(62)66)45-18-13-21-48(41-45)65(60-32-15-33-61-63(60)55-39-36-43-16-4-5-23-51(43)64(55)68-61)47-37-34-42(35-38-47)44-17-12-22-49(40-44)67-56-28-9-6-24-52(56)53-25-7-10-29-57(53)67/h1-41H. The molecule has 0 fully saturated rings. The number of nitrogens with zero attached hydrogens (tertiary/aromatic N) is 3. The second kappa shape index (κ2) is 15.2. The van der Waals surface area contributed by atoms with Crippen LogP contribution in [0.4, 0.5) is 17.1 Å². The van der Waals surface area contributed by atoms with Gasteiger partial charge in [-0.25, -0.2) is 0 Å². The van der Waals surface area contributed by atoms with E-state index in [4.69, 9.17) is 4.42 Å². The van der Waals surface area contributed by atoms with Crippen molar-refractivity contribution < 1.29 is 4.42 Å². The fraction of sp³-hybridized carbons (Fsp3) is 0. The Kier molecular flexibility index (Phi) is 8.55. The SMILES string of the molecule is c1ccc(-n2c3ccccc3c3c(-c4cccc(N(c5ccc(-c6cccc(-n7c8ccccc8c8ccccc87)c6)cc5)c5cccc6oc7c8ccccc8ccc7c56)c4)cccc32)cc1. The van der Waals surface area contributed by atoms with Gasteiger partial charge in [0.05, 0.1) is 33.1 Å². The molecule has 0 saturated heterocycles. The highest BCUT2D eigenvalue weighted by atomic mass is 16.3. The van der Waals surface area contributed by atoms with Crippen molar-refractivity contribution in [1.29, 1.82) is 0 Å². The van der Waals surface area contributed by atoms with Crippen LogP contribution >= 0.6 is 0 Å². The summed E-state index contributed by atoms with van der Waals surface area (Å²) in [5.74, 6) is 0. The normalized spacial score (nSPS) is 11.8. The Morgan fingerprint density at radius 2 is 0.926 bits per heavy atom. The summed E-state index contributed by atoms with van der Waals surface area (Å²) < 4.78 is 11.6. The Balaban J connectivity index is 0.945. The maximum absolute atomic E-state index is 6.79. The molecule has 68 heavy (non-hydrogen) atoms. The molecule has 0 aliphatic heterocycles. The molecule has 0 amide bonds. The highest BCUT2D eigenvalue weighted by Gasteiger charge is 2.22. The Bertz CT molecular complexity index is 4210. The average molecular weight is 868 g/mol. The Morgan fingerprint density at radius 3 is 1.72 bits per heavy atom. The van der Waals surface area contributed by atoms with Crippen LogP contribution in [0.1, 0.15) is 0 Å². The molecular weight excluding hydrogens is 827 g/mol. The summed E-state index contributed by atoms with van der Waals surface area (Å²) in [6.07, 6.45) is 0. The maximum atomic E-state index is 6.79. The lowest BCUT2D eigenvalue weighted by Crippen LogP contribution is -2.10. The number of hydrogen-bond acceptors (Lipinski definition) is 2. The van der Waals surface area contributed by atoms with Crippen molar-refractivity contribution in [3.05, 3.63) is 249 Å². The summed E-state index contributed by atoms with van der Waals surface area (Å²) >= 11 is 0. The molecule has 14 rings (SSSR count). The lowest BCUT2D eigenvalue weighted by atomic mass is 9.98. The van der Waals surface area contributed by atoms with Crippen LogP contribution in [-0.2, 0) is 0 Å². The van der Waals surface area contributed by atoms with Gasteiger partial charge in [0.25, 0.3) is 0 Å². The van der Waals surface area contributed by atoms with Gasteiger partial charge >= 0.3 is 0 Å². The zero-order valence-electron chi connectivity index (χ0n) is 36.9. The molecule has 0 spiro atoms. The third-order valence-electron chi connectivity index (χ3n) is 13.9. The molecule has 0 unspecified atom stereocenters. The van der Waals surface area contributed by atoms with Gasteiger partial charge in [-0.15, -0.1) is 0 Å². The minimum atomic E-state index is 0.854. The molecule has 0 aliphatic carbocycles. The van der Waals surface area contributed by atoms with Crippen LogP contribution in [0.15, 0.2) is 253 Å². The van der Waals surface area contributed by atoms with Gasteiger partial charge in [0.1, 0.15) is 11.2 Å². The number of para-hydroxylation sites is 4. The van der Waals surface area contributed by atoms with Gasteiger partial charge in [-0.3, -0.25) is 0 Å². The van der Waals surface area contributed by atoms with Crippen molar-refractivity contribution in [3.63, 3.8) is 0 Å². The molecule has 4 heteroatoms. The van der Waals surface area contributed by atoms with E-state index in [0.29, 0.717) is 0 Å². The molecule has 0 atom stereocenters. The van der Waals surface area contributed by atoms with E-state index in [2.05, 4.69) is 263 Å². The first-order valence-corrected chi connectivity index (χ1v) is 23.3. The zero-order valence-corrected chi connectivity index (χ0v) is 36.9. The summed E-state index contributed by atoms with van der Waals surface area (Å²) in [7, 11) is 0. The zero-order chi connectivity index (χ0) is 44.7. The maximum Gasteiger partial charge on any atom is 0.143 e. The number of furan rings is 1. The molecule has 4 nitrogen and oxygen atoms in total. The minimum Gasteiger partial charge on any atom is -0.455 e. The molecule has 0 aliphatic rings. The summed E-state index contributed by atoms with van der Waals surface area (Å²) in [5, 5.41) is 9.41. The van der Waals surface area contributed by atoms with E-state index in [0.717, 1.165) is 77.8 Å². The van der Waals surface area contributed by atoms with Gasteiger partial charge in [0.2, 0.25) is 0 Å². The van der Waals surface area contributed by atoms with Crippen LogP contribution < -0.4 is 4.90 Å². The third-order valence-corrected chi connectivity index (χ3v) is 13.9. The Morgan fingerprint density at radius 1 is 0.324 bits per heavy atom. The van der Waals surface area contributed by atoms with Crippen molar-refractivity contribution in [2.24, 2.45) is 0 Å². The molecule has 0 N–H and O–H groups in total. The lowest BCUT2D eigenvalue weighted by Gasteiger charge is -2.27. The quantitative estimate of drug-likeness (QED) is 0.160. The molecule has 3 heterocycles. The fourth-order valence-electron chi connectivity index (χ4n) is 10.9. The Labute approximate surface area is 392 Å². The van der Waals surface area contributed by atoms with E-state index >= 15 is 0 Å². The number of fused-ring (bicyclic) bond motifs is 11. The largest absolute Gasteiger partial charge is 0.455 e. The van der Waals surface area contributed by atoms with Gasteiger partial charge in [0, 0.05) is 55.1 Å². The van der Waals surface area contributed by atoms with Crippen LogP contribution in [0, 0.1) is 0 Å². The summed E-state index contributed by atoms with van der Waals surface area (Å²) in [4.78, 5) is 2.40. The first-order chi connectivity index (χ1) is 33.7. The van der Waals surface area contributed by atoms with Crippen LogP contribution in [-0.4, -0.2) is 9.13 Å². The molecule has 0 saturated carbocycles. The molecule has 3 aromatic heterocycles. The number of hydrogen-bond donors (Lipinski definition) is 0. The summed E-state index contributed by atoms with van der Waals surface area (Å²) in [6, 6.07) is 89.9. The molecule has 11 aromatic carbocycles. The molecule has 0 radical (unpaired) electrons. The van der Waals surface area contributed by atoms with Crippen LogP contribution in [0.25, 0.3) is 110 Å².